The van der Waals surface area contributed by atoms with E-state index in [1.54, 1.807) is 12.1 Å². The number of amides is 11. The molecule has 0 fully saturated rings. The molecule has 0 saturated carbocycles. The molecule has 0 radical (unpaired) electrons. The molecule has 2 aromatic heterocycles. The molecule has 0 aliphatic carbocycles. The van der Waals surface area contributed by atoms with Gasteiger partial charge in [0, 0.05) is 37.6 Å². The molecule has 35 nitrogen and oxygen atoms in total. The maximum atomic E-state index is 15.5. The number of tetrazole rings is 1. The fourth-order valence-corrected chi connectivity index (χ4v) is 11.8. The van der Waals surface area contributed by atoms with Gasteiger partial charge in [0.05, 0.1) is 44.1 Å². The van der Waals surface area contributed by atoms with E-state index in [4.69, 9.17) is 21.9 Å². The summed E-state index contributed by atoms with van der Waals surface area (Å²) in [5.74, 6) is -13.5. The highest BCUT2D eigenvalue weighted by Crippen LogP contribution is 2.29. The number of nitrogens with zero attached hydrogens (tertiary/aromatic N) is 4. The number of unbranched alkanes of at least 4 members (excludes halogenated alkanes) is 1. The lowest BCUT2D eigenvalue weighted by molar-refractivity contribution is -0.142. The highest BCUT2D eigenvalue weighted by atomic mass is 19.1. The van der Waals surface area contributed by atoms with Gasteiger partial charge >= 0.3 is 5.97 Å². The number of aliphatic carboxylic acids is 1. The lowest BCUT2D eigenvalue weighted by atomic mass is 9.90. The zero-order chi connectivity index (χ0) is 80.9. The highest BCUT2D eigenvalue weighted by Gasteiger charge is 2.42. The van der Waals surface area contributed by atoms with Gasteiger partial charge < -0.3 is 95.4 Å². The number of aryl methyl sites for hydroxylation is 4. The van der Waals surface area contributed by atoms with Gasteiger partial charge in [-0.05, 0) is 145 Å². The molecule has 0 aliphatic rings. The first-order valence-electron chi connectivity index (χ1n) is 35.9. The number of aliphatic hydroxyl groups excluding tert-OH is 2. The normalized spacial score (nSPS) is 14.7. The number of H-pyrrole nitrogens is 2. The summed E-state index contributed by atoms with van der Waals surface area (Å²) in [7, 11) is 0. The number of primary amides is 1. The van der Waals surface area contributed by atoms with Crippen molar-refractivity contribution in [3.8, 4) is 16.9 Å². The molecule has 6 rings (SSSR count). The van der Waals surface area contributed by atoms with Crippen LogP contribution in [0.4, 0.5) is 4.39 Å². The molecule has 0 spiro atoms. The molecule has 0 bridgehead atoms. The number of benzene rings is 4. The van der Waals surface area contributed by atoms with Gasteiger partial charge in [0.2, 0.25) is 65.0 Å². The van der Waals surface area contributed by atoms with Crippen LogP contribution in [0.3, 0.4) is 0 Å². The van der Waals surface area contributed by atoms with E-state index >= 15 is 4.39 Å². The van der Waals surface area contributed by atoms with Gasteiger partial charge in [-0.3, -0.25) is 57.5 Å². The number of aliphatic hydroxyl groups is 2. The number of imidazole rings is 1. The predicted molar refractivity (Wildman–Crippen MR) is 397 cm³/mol. The van der Waals surface area contributed by atoms with Gasteiger partial charge in [0.25, 0.3) is 0 Å². The van der Waals surface area contributed by atoms with Crippen molar-refractivity contribution in [3.05, 3.63) is 148 Å². The summed E-state index contributed by atoms with van der Waals surface area (Å²) in [6, 6.07) is 9.65. The minimum Gasteiger partial charge on any atom is -0.494 e. The van der Waals surface area contributed by atoms with Gasteiger partial charge in [-0.15, -0.1) is 10.2 Å². The third kappa shape index (κ3) is 27.2. The largest absolute Gasteiger partial charge is 0.494 e. The lowest BCUT2D eigenvalue weighted by Crippen LogP contribution is -2.66. The molecule has 0 saturated heterocycles. The third-order valence-corrected chi connectivity index (χ3v) is 17.8. The van der Waals surface area contributed by atoms with E-state index in [0.717, 1.165) is 80.0 Å². The Hall–Kier alpha value is -11.6. The summed E-state index contributed by atoms with van der Waals surface area (Å²) in [5.41, 5.74) is 21.8. The Morgan fingerprint density at radius 2 is 1.26 bits per heavy atom. The molecule has 4 aromatic carbocycles. The number of aromatic amines is 2. The molecular formula is C74H100FN19O16. The molecule has 0 unspecified atom stereocenters. The fraction of sp³-hybridized carbons (Fsp3) is 0.459. The minimum absolute atomic E-state index is 0.0526. The summed E-state index contributed by atoms with van der Waals surface area (Å²) < 4.78 is 21.5. The Labute approximate surface area is 634 Å². The summed E-state index contributed by atoms with van der Waals surface area (Å²) in [5, 5.41) is 69.3. The van der Waals surface area contributed by atoms with Crippen LogP contribution >= 0.6 is 0 Å². The van der Waals surface area contributed by atoms with Gasteiger partial charge in [0.1, 0.15) is 65.4 Å². The Bertz CT molecular complexity index is 4130. The number of nitrogens with one attached hydrogen (secondary N) is 12. The number of ether oxygens (including phenoxy) is 1. The second kappa shape index (κ2) is 42.2. The van der Waals surface area contributed by atoms with Crippen LogP contribution in [-0.4, -0.2) is 209 Å². The zero-order valence-corrected chi connectivity index (χ0v) is 62.5. The summed E-state index contributed by atoms with van der Waals surface area (Å²) in [6.45, 7) is 11.7. The van der Waals surface area contributed by atoms with Gasteiger partial charge in [-0.1, -0.05) is 90.0 Å². The number of nitrogens with two attached hydrogens (primary N) is 3. The van der Waals surface area contributed by atoms with Crippen molar-refractivity contribution in [2.24, 2.45) is 17.2 Å². The first-order chi connectivity index (χ1) is 52.2. The first-order valence-corrected chi connectivity index (χ1v) is 35.9. The van der Waals surface area contributed by atoms with Gasteiger partial charge in [-0.25, -0.2) is 9.37 Å². The molecule has 594 valence electrons. The number of halogens is 1. The maximum Gasteiger partial charge on any atom is 0.305 e. The molecule has 12 atom stereocenters. The molecule has 2 heterocycles. The number of carboxylic acids is 1. The Morgan fingerprint density at radius 1 is 0.645 bits per heavy atom. The topological polar surface area (TPSA) is 556 Å². The van der Waals surface area contributed by atoms with Crippen molar-refractivity contribution >= 4 is 70.9 Å². The number of carbonyl (C=O) groups excluding carboxylic acids is 11. The van der Waals surface area contributed by atoms with E-state index < -0.39 is 175 Å². The number of carbonyl (C=O) groups is 12. The van der Waals surface area contributed by atoms with E-state index in [1.165, 1.54) is 37.6 Å². The Morgan fingerprint density at radius 3 is 1.86 bits per heavy atom. The predicted octanol–water partition coefficient (Wildman–Crippen LogP) is -1.72. The molecule has 110 heavy (non-hydrogen) atoms. The fourth-order valence-electron chi connectivity index (χ4n) is 11.8. The van der Waals surface area contributed by atoms with Gasteiger partial charge in [-0.2, -0.15) is 5.21 Å². The van der Waals surface area contributed by atoms with Crippen LogP contribution in [-0.2, 0) is 96.1 Å². The molecule has 6 aromatic rings. The molecule has 11 amide bonds. The van der Waals surface area contributed by atoms with E-state index in [2.05, 4.69) is 83.8 Å². The van der Waals surface area contributed by atoms with Crippen molar-refractivity contribution in [2.45, 2.75) is 198 Å². The third-order valence-electron chi connectivity index (χ3n) is 17.8. The molecular weight excluding hydrogens is 1430 g/mol. The van der Waals surface area contributed by atoms with Crippen molar-refractivity contribution in [1.29, 1.82) is 0 Å². The summed E-state index contributed by atoms with van der Waals surface area (Å²) >= 11 is 0. The number of hydrogen-bond donors (Lipinski definition) is 18. The summed E-state index contributed by atoms with van der Waals surface area (Å²) in [6.07, 6.45) is 0.248. The van der Waals surface area contributed by atoms with Crippen LogP contribution in [0.25, 0.3) is 11.1 Å². The van der Waals surface area contributed by atoms with Crippen molar-refractivity contribution in [1.82, 2.24) is 83.8 Å². The molecule has 0 aliphatic heterocycles. The van der Waals surface area contributed by atoms with Crippen LogP contribution < -0.4 is 75.1 Å². The average Bonchev–Trinajstić information content (AvgIpc) is 1.77. The van der Waals surface area contributed by atoms with E-state index in [0.29, 0.717) is 49.4 Å². The number of aromatic nitrogens is 6. The molecule has 36 heteroatoms. The molecule has 21 N–H and O–H groups in total. The van der Waals surface area contributed by atoms with E-state index in [9.17, 15) is 72.9 Å². The highest BCUT2D eigenvalue weighted by molar-refractivity contribution is 6.00. The van der Waals surface area contributed by atoms with Crippen molar-refractivity contribution < 1.29 is 82.0 Å². The van der Waals surface area contributed by atoms with Crippen LogP contribution in [0.5, 0.6) is 5.75 Å². The minimum atomic E-state index is -2.35. The first kappa shape index (κ1) is 87.3. The van der Waals surface area contributed by atoms with Crippen molar-refractivity contribution in [3.63, 3.8) is 0 Å². The van der Waals surface area contributed by atoms with Gasteiger partial charge in [0.15, 0.2) is 5.82 Å². The Balaban J connectivity index is 1.15. The van der Waals surface area contributed by atoms with Crippen LogP contribution in [0, 0.1) is 19.7 Å². The van der Waals surface area contributed by atoms with Crippen LogP contribution in [0.2, 0.25) is 0 Å². The number of rotatable bonds is 44. The monoisotopic (exact) mass is 1530 g/mol. The average molecular weight is 1530 g/mol. The quantitative estimate of drug-likeness (QED) is 0.0189. The van der Waals surface area contributed by atoms with E-state index in [-0.39, 0.29) is 30.7 Å². The lowest BCUT2D eigenvalue weighted by Gasteiger charge is -2.34. The van der Waals surface area contributed by atoms with E-state index in [1.807, 2.05) is 69.3 Å². The zero-order valence-electron chi connectivity index (χ0n) is 62.5. The van der Waals surface area contributed by atoms with Crippen LogP contribution in [0.15, 0.2) is 97.5 Å². The second-order valence-electron chi connectivity index (χ2n) is 27.2. The summed E-state index contributed by atoms with van der Waals surface area (Å²) in [4.78, 5) is 172. The number of carboxylic acid groups (broad SMARTS) is 1. The van der Waals surface area contributed by atoms with Crippen LogP contribution in [0.1, 0.15) is 119 Å². The standard InChI is InChI=1S/C74H100FN19O16/c1-9-47-31-51(110-26-13-12-25-76)23-24-52(47)48-21-19-45(20-22-48)30-56(69(105)84-55(64(78)100)18-14-15-46-28-39(2)27-40(3)29-46)87-70(106)58(34-61(98)99)86-66(102)42(5)83-71(107)62(43(6)95)89-73(109)74(8,35-49-16-10-11-17-53(49)75)90-72(108)63(44(7)96)88-60(97)37-80-68(104)57(33-59-91-93-94-92-59)85-65(101)41(4)82-67(103)54(77)32-50-36-79-38-81-50/h10-11,16-17,19-24,27-29,31,36,38,41-44,54-58,62-63,95-96H,9,12-15,18,25-26,30,32-35,37,76-77H2,1-8H3,(H2,78,100)(H,79,81)(H,80,104)(H,82,103)(H,83,107)(H,84,105)(H,85,101)(H,86,102)(H,87,106)(H,88,97)(H,89,109)(H,90,108)(H,98,99)(H,91,92,93,94)/t41-,42-,43+,44+,54-,55-,56-,57-,58-,62-,63-,74-/m0/s1. The second-order valence-corrected chi connectivity index (χ2v) is 27.2. The smallest absolute Gasteiger partial charge is 0.305 e. The Kier molecular flexibility index (Phi) is 33.5. The SMILES string of the molecule is CCc1cc(OCCCCN)ccc1-c1ccc(C[C@H](NC(=O)[C@H](CC(=O)O)NC(=O)[C@H](C)NC(=O)[C@@H](NC(=O)[C@](C)(Cc2ccccc2F)NC(=O)[C@@H](NC(=O)CNC(=O)[C@H](Cc2nn[nH]n2)NC(=O)[C@H](C)NC(=O)[C@@H](N)Cc2cnc[nH]2)[C@@H](C)O)[C@@H](C)O)C(=O)N[C@@H](CCCc2cc(C)cc(C)c2)C(N)=O)cc1. The van der Waals surface area contributed by atoms with Crippen molar-refractivity contribution in [2.75, 3.05) is 19.7 Å². The maximum absolute atomic E-state index is 15.5. The number of hydrogen-bond acceptors (Lipinski definition) is 21.